The summed E-state index contributed by atoms with van der Waals surface area (Å²) in [6.45, 7) is 1.51. The maximum atomic E-state index is 12.2. The van der Waals surface area contributed by atoms with Gasteiger partial charge in [-0.3, -0.25) is 4.79 Å². The molecule has 26 heavy (non-hydrogen) atoms. The highest BCUT2D eigenvalue weighted by molar-refractivity contribution is 6.30. The van der Waals surface area contributed by atoms with Crippen LogP contribution in [0, 0.1) is 0 Å². The normalized spacial score (nSPS) is 11.8. The molecule has 0 saturated carbocycles. The minimum atomic E-state index is -0.921. The van der Waals surface area contributed by atoms with Crippen LogP contribution in [0.1, 0.15) is 33.2 Å². The first kappa shape index (κ1) is 19.4. The number of benzene rings is 2. The van der Waals surface area contributed by atoms with E-state index in [9.17, 15) is 14.4 Å². The Hall–Kier alpha value is -2.92. The van der Waals surface area contributed by atoms with Gasteiger partial charge in [-0.05, 0) is 55.0 Å². The van der Waals surface area contributed by atoms with Crippen molar-refractivity contribution in [3.8, 4) is 0 Å². The number of halogens is 1. The summed E-state index contributed by atoms with van der Waals surface area (Å²) < 4.78 is 9.73. The summed E-state index contributed by atoms with van der Waals surface area (Å²) in [5, 5.41) is 0.521. The van der Waals surface area contributed by atoms with Gasteiger partial charge in [0, 0.05) is 16.7 Å². The molecule has 2 aromatic rings. The lowest BCUT2D eigenvalue weighted by atomic mass is 10.1. The molecule has 0 saturated heterocycles. The summed E-state index contributed by atoms with van der Waals surface area (Å²) in [4.78, 5) is 35.4. The average molecular weight is 373 g/mol. The number of methoxy groups -OCH3 is 1. The molecule has 0 fully saturated rings. The van der Waals surface area contributed by atoms with Crippen molar-refractivity contribution in [1.82, 2.24) is 0 Å². The van der Waals surface area contributed by atoms with E-state index in [0.29, 0.717) is 21.7 Å². The smallest absolute Gasteiger partial charge is 0.337 e. The third-order valence-electron chi connectivity index (χ3n) is 3.53. The molecule has 1 unspecified atom stereocenters. The Kier molecular flexibility index (Phi) is 6.69. The van der Waals surface area contributed by atoms with Gasteiger partial charge in [-0.25, -0.2) is 9.59 Å². The van der Waals surface area contributed by atoms with Crippen LogP contribution >= 0.6 is 11.6 Å². The number of esters is 2. The molecule has 6 heteroatoms. The molecule has 0 aromatic heterocycles. The molecule has 1 atom stereocenters. The lowest BCUT2D eigenvalue weighted by Gasteiger charge is -2.10. The van der Waals surface area contributed by atoms with Gasteiger partial charge in [-0.2, -0.15) is 0 Å². The van der Waals surface area contributed by atoms with Crippen LogP contribution in [0.3, 0.4) is 0 Å². The highest BCUT2D eigenvalue weighted by Crippen LogP contribution is 2.13. The van der Waals surface area contributed by atoms with E-state index in [1.54, 1.807) is 48.5 Å². The number of carbonyl (C=O) groups excluding carboxylic acids is 3. The number of carbonyl (C=O) groups is 3. The van der Waals surface area contributed by atoms with Gasteiger partial charge in [0.05, 0.1) is 12.7 Å². The molecule has 2 aromatic carbocycles. The summed E-state index contributed by atoms with van der Waals surface area (Å²) >= 11 is 5.78. The van der Waals surface area contributed by atoms with Gasteiger partial charge in [0.1, 0.15) is 0 Å². The molecule has 134 valence electrons. The molecular formula is C20H17ClO5. The monoisotopic (exact) mass is 372 g/mol. The fourth-order valence-corrected chi connectivity index (χ4v) is 2.25. The first-order chi connectivity index (χ1) is 12.4. The first-order valence-corrected chi connectivity index (χ1v) is 8.15. The molecule has 0 heterocycles. The zero-order valence-electron chi connectivity index (χ0n) is 14.3. The second kappa shape index (κ2) is 8.97. The summed E-state index contributed by atoms with van der Waals surface area (Å²) in [6.07, 6.45) is 1.83. The van der Waals surface area contributed by atoms with Gasteiger partial charge in [-0.1, -0.05) is 23.7 Å². The summed E-state index contributed by atoms with van der Waals surface area (Å²) in [6, 6.07) is 12.9. The van der Waals surface area contributed by atoms with E-state index in [-0.39, 0.29) is 5.78 Å². The summed E-state index contributed by atoms with van der Waals surface area (Å²) in [7, 11) is 1.30. The minimum absolute atomic E-state index is 0.314. The molecule has 0 bridgehead atoms. The Morgan fingerprint density at radius 3 is 2.12 bits per heavy atom. The van der Waals surface area contributed by atoms with Crippen LogP contribution < -0.4 is 0 Å². The number of ether oxygens (including phenoxy) is 2. The van der Waals surface area contributed by atoms with Crippen LogP contribution in [0.15, 0.2) is 54.6 Å². The van der Waals surface area contributed by atoms with E-state index in [4.69, 9.17) is 16.3 Å². The average Bonchev–Trinajstić information content (AvgIpc) is 2.66. The fourth-order valence-electron chi connectivity index (χ4n) is 2.13. The highest BCUT2D eigenvalue weighted by Gasteiger charge is 2.18. The van der Waals surface area contributed by atoms with Gasteiger partial charge in [0.25, 0.3) is 0 Å². The predicted molar refractivity (Wildman–Crippen MR) is 98.2 cm³/mol. The van der Waals surface area contributed by atoms with Crippen molar-refractivity contribution in [2.24, 2.45) is 0 Å². The second-order valence-corrected chi connectivity index (χ2v) is 5.83. The van der Waals surface area contributed by atoms with Crippen molar-refractivity contribution in [3.63, 3.8) is 0 Å². The third kappa shape index (κ3) is 5.29. The zero-order chi connectivity index (χ0) is 19.1. The summed E-state index contributed by atoms with van der Waals surface area (Å²) in [5.74, 6) is -1.39. The van der Waals surface area contributed by atoms with Crippen LogP contribution in [0.5, 0.6) is 0 Å². The van der Waals surface area contributed by atoms with Crippen molar-refractivity contribution >= 4 is 35.4 Å². The highest BCUT2D eigenvalue weighted by atomic mass is 35.5. The lowest BCUT2D eigenvalue weighted by Crippen LogP contribution is -2.23. The molecule has 2 rings (SSSR count). The quantitative estimate of drug-likeness (QED) is 0.436. The first-order valence-electron chi connectivity index (χ1n) is 7.77. The van der Waals surface area contributed by atoms with E-state index < -0.39 is 18.0 Å². The topological polar surface area (TPSA) is 69.7 Å². The lowest BCUT2D eigenvalue weighted by molar-refractivity contribution is -0.140. The largest absolute Gasteiger partial charge is 0.465 e. The van der Waals surface area contributed by atoms with Crippen molar-refractivity contribution in [3.05, 3.63) is 76.3 Å². The van der Waals surface area contributed by atoms with Crippen molar-refractivity contribution in [1.29, 1.82) is 0 Å². The standard InChI is InChI=1S/C20H17ClO5/c1-13(19(23)15-8-10-17(21)11-9-15)26-18(22)12-5-14-3-6-16(7-4-14)20(24)25-2/h3-13H,1-2H3/b12-5+. The zero-order valence-corrected chi connectivity index (χ0v) is 15.0. The van der Waals surface area contributed by atoms with E-state index in [0.717, 1.165) is 0 Å². The molecular weight excluding hydrogens is 356 g/mol. The number of hydrogen-bond acceptors (Lipinski definition) is 5. The Morgan fingerprint density at radius 2 is 1.54 bits per heavy atom. The Morgan fingerprint density at radius 1 is 0.962 bits per heavy atom. The molecule has 0 radical (unpaired) electrons. The van der Waals surface area contributed by atoms with Gasteiger partial charge in [0.2, 0.25) is 5.78 Å². The fraction of sp³-hybridized carbons (Fsp3) is 0.150. The van der Waals surface area contributed by atoms with Gasteiger partial charge < -0.3 is 9.47 Å². The molecule has 0 N–H and O–H groups in total. The van der Waals surface area contributed by atoms with Gasteiger partial charge >= 0.3 is 11.9 Å². The van der Waals surface area contributed by atoms with Crippen molar-refractivity contribution < 1.29 is 23.9 Å². The number of Topliss-reactive ketones (excluding diaryl/α,β-unsaturated/α-hetero) is 1. The minimum Gasteiger partial charge on any atom is -0.465 e. The van der Waals surface area contributed by atoms with E-state index in [1.807, 2.05) is 0 Å². The molecule has 0 aliphatic carbocycles. The SMILES string of the molecule is COC(=O)c1ccc(/C=C/C(=O)OC(C)C(=O)c2ccc(Cl)cc2)cc1. The Balaban J connectivity index is 1.94. The van der Waals surface area contributed by atoms with Crippen LogP contribution in [0.2, 0.25) is 5.02 Å². The third-order valence-corrected chi connectivity index (χ3v) is 3.79. The van der Waals surface area contributed by atoms with Gasteiger partial charge in [0.15, 0.2) is 6.10 Å². The molecule has 0 amide bonds. The second-order valence-electron chi connectivity index (χ2n) is 5.40. The number of ketones is 1. The van der Waals surface area contributed by atoms with E-state index >= 15 is 0 Å². The van der Waals surface area contributed by atoms with Crippen LogP contribution in [-0.4, -0.2) is 30.9 Å². The van der Waals surface area contributed by atoms with Crippen molar-refractivity contribution in [2.45, 2.75) is 13.0 Å². The predicted octanol–water partition coefficient (Wildman–Crippen LogP) is 3.95. The molecule has 0 aliphatic rings. The maximum absolute atomic E-state index is 12.2. The molecule has 0 spiro atoms. The van der Waals surface area contributed by atoms with Crippen LogP contribution in [0.25, 0.3) is 6.08 Å². The van der Waals surface area contributed by atoms with E-state index in [1.165, 1.54) is 26.2 Å². The van der Waals surface area contributed by atoms with Gasteiger partial charge in [-0.15, -0.1) is 0 Å². The van der Waals surface area contributed by atoms with Crippen LogP contribution in [-0.2, 0) is 14.3 Å². The molecule has 0 aliphatic heterocycles. The number of hydrogen-bond donors (Lipinski definition) is 0. The Labute approximate surface area is 156 Å². The maximum Gasteiger partial charge on any atom is 0.337 e. The van der Waals surface area contributed by atoms with E-state index in [2.05, 4.69) is 4.74 Å². The van der Waals surface area contributed by atoms with Crippen LogP contribution in [0.4, 0.5) is 0 Å². The Bertz CT molecular complexity index is 822. The molecule has 5 nitrogen and oxygen atoms in total. The summed E-state index contributed by atoms with van der Waals surface area (Å²) in [5.41, 5.74) is 1.53. The number of rotatable bonds is 6. The van der Waals surface area contributed by atoms with Crippen molar-refractivity contribution in [2.75, 3.05) is 7.11 Å².